The molecule has 1 aliphatic carbocycles. The first-order valence-corrected chi connectivity index (χ1v) is 25.1. The lowest BCUT2D eigenvalue weighted by Crippen LogP contribution is -2.04. The molecule has 0 unspecified atom stereocenters. The number of halogens is 1. The maximum Gasteiger partial charge on any atom is 0.180 e. The maximum atomic E-state index is 6.10. The number of benzene rings is 8. The van der Waals surface area contributed by atoms with Crippen LogP contribution in [0, 0.1) is 0 Å². The maximum absolute atomic E-state index is 6.10. The summed E-state index contributed by atoms with van der Waals surface area (Å²) in [4.78, 5) is 36.0. The fourth-order valence-electron chi connectivity index (χ4n) is 10.6. The molecular weight excluding hydrogens is 942 g/mol. The predicted molar refractivity (Wildman–Crippen MR) is 305 cm³/mol. The summed E-state index contributed by atoms with van der Waals surface area (Å²) >= 11 is 6.10. The first-order valence-electron chi connectivity index (χ1n) is 24.7. The van der Waals surface area contributed by atoms with Gasteiger partial charge in [-0.05, 0) is 133 Å². The van der Waals surface area contributed by atoms with E-state index in [-0.39, 0.29) is 0 Å². The van der Waals surface area contributed by atoms with Gasteiger partial charge >= 0.3 is 0 Å². The molecule has 352 valence electrons. The van der Waals surface area contributed by atoms with Crippen LogP contribution < -0.4 is 0 Å². The molecule has 0 aliphatic heterocycles. The average molecular weight is 983 g/mol. The van der Waals surface area contributed by atoms with Gasteiger partial charge in [0, 0.05) is 64.5 Å². The molecule has 7 aromatic heterocycles. The summed E-state index contributed by atoms with van der Waals surface area (Å²) in [6.45, 7) is 0. The molecule has 8 aromatic carbocycles. The van der Waals surface area contributed by atoms with Crippen molar-refractivity contribution in [2.24, 2.45) is 0 Å². The van der Waals surface area contributed by atoms with E-state index in [1.54, 1.807) is 31.0 Å². The number of pyridine rings is 4. The lowest BCUT2D eigenvalue weighted by Gasteiger charge is -2.14. The highest BCUT2D eigenvalue weighted by atomic mass is 35.5. The Morgan fingerprint density at radius 2 is 0.960 bits per heavy atom. The zero-order valence-electron chi connectivity index (χ0n) is 40.0. The van der Waals surface area contributed by atoms with Crippen molar-refractivity contribution in [2.75, 3.05) is 0 Å². The summed E-state index contributed by atoms with van der Waals surface area (Å²) in [5.74, 6) is 0.742. The molecule has 0 spiro atoms. The molecule has 9 nitrogen and oxygen atoms in total. The number of hydrogen-bond donors (Lipinski definition) is 0. The van der Waals surface area contributed by atoms with Crippen molar-refractivity contribution in [2.45, 2.75) is 6.42 Å². The Morgan fingerprint density at radius 1 is 0.400 bits per heavy atom. The normalized spacial score (nSPS) is 11.7. The molecule has 0 N–H and O–H groups in total. The molecule has 7 heterocycles. The zero-order valence-corrected chi connectivity index (χ0v) is 40.8. The van der Waals surface area contributed by atoms with Gasteiger partial charge in [-0.2, -0.15) is 0 Å². The molecule has 0 radical (unpaired) electrons. The third-order valence-corrected chi connectivity index (χ3v) is 14.4. The lowest BCUT2D eigenvalue weighted by molar-refractivity contribution is 1.07. The molecule has 0 bridgehead atoms. The van der Waals surface area contributed by atoms with Gasteiger partial charge in [0.25, 0.3) is 0 Å². The van der Waals surface area contributed by atoms with Gasteiger partial charge in [-0.1, -0.05) is 139 Å². The van der Waals surface area contributed by atoms with Crippen molar-refractivity contribution in [3.63, 3.8) is 0 Å². The Morgan fingerprint density at radius 3 is 1.65 bits per heavy atom. The van der Waals surface area contributed by atoms with Gasteiger partial charge in [0.2, 0.25) is 0 Å². The van der Waals surface area contributed by atoms with Gasteiger partial charge in [0.1, 0.15) is 22.4 Å². The summed E-state index contributed by atoms with van der Waals surface area (Å²) in [6.07, 6.45) is 11.5. The Bertz CT molecular complexity index is 4720. The molecule has 15 aromatic rings. The molecule has 16 rings (SSSR count). The van der Waals surface area contributed by atoms with Crippen molar-refractivity contribution in [3.05, 3.63) is 248 Å². The van der Waals surface area contributed by atoms with Gasteiger partial charge in [-0.15, -0.1) is 0 Å². The van der Waals surface area contributed by atoms with Crippen LogP contribution in [0.2, 0.25) is 5.15 Å². The zero-order chi connectivity index (χ0) is 49.8. The number of fused-ring (bicyclic) bond motifs is 14. The van der Waals surface area contributed by atoms with Crippen LogP contribution in [0.5, 0.6) is 0 Å². The molecule has 0 fully saturated rings. The van der Waals surface area contributed by atoms with Crippen LogP contribution in [0.4, 0.5) is 0 Å². The second-order valence-corrected chi connectivity index (χ2v) is 18.9. The molecule has 75 heavy (non-hydrogen) atoms. The Labute approximate surface area is 434 Å². The molecule has 0 atom stereocenters. The highest BCUT2D eigenvalue weighted by Crippen LogP contribution is 2.43. The number of rotatable bonds is 3. The Balaban J connectivity index is 0.000000114. The minimum absolute atomic E-state index is 0.337. The molecule has 1 aliphatic rings. The van der Waals surface area contributed by atoms with E-state index in [1.165, 1.54) is 76.1 Å². The second kappa shape index (κ2) is 18.3. The van der Waals surface area contributed by atoms with E-state index in [0.717, 1.165) is 51.1 Å². The fourth-order valence-corrected chi connectivity index (χ4v) is 10.9. The van der Waals surface area contributed by atoms with E-state index in [1.807, 2.05) is 54.7 Å². The summed E-state index contributed by atoms with van der Waals surface area (Å²) < 4.78 is 2.27. The minimum atomic E-state index is 0.337. The van der Waals surface area contributed by atoms with E-state index in [9.17, 15) is 0 Å². The van der Waals surface area contributed by atoms with Crippen LogP contribution in [0.1, 0.15) is 11.1 Å². The molecule has 0 amide bonds. The van der Waals surface area contributed by atoms with E-state index >= 15 is 0 Å². The largest absolute Gasteiger partial charge is 0.291 e. The topological polar surface area (TPSA) is 108 Å². The fraction of sp³-hybridized carbons (Fsp3) is 0.0154. The van der Waals surface area contributed by atoms with Crippen molar-refractivity contribution >= 4 is 98.8 Å². The van der Waals surface area contributed by atoms with E-state index < -0.39 is 0 Å². The smallest absolute Gasteiger partial charge is 0.180 e. The standard InChI is InChI=1S/C32H19N5.C21H14.C12H7ClN4/c1-2-9-22-18-28-26(17-21(22)8-1)25-14-13-20-7-3-4-11-24(20)30(25)37(28)32-29(23-10-5-15-33-19-23)35-27-12-6-16-34-31(27)36-32;1-2-7-16-12-20-17(11-15(16)6-1)13-21-18-8-4-3-5-14(18)9-10-19(20)21;13-11-10(8-3-1-5-14-7-8)16-9-4-2-6-15-12(9)17-11/h1-19H;1-12H,13H2;1-7H. The highest BCUT2D eigenvalue weighted by Gasteiger charge is 2.23. The quantitative estimate of drug-likeness (QED) is 0.172. The van der Waals surface area contributed by atoms with Gasteiger partial charge in [0.05, 0.1) is 11.0 Å². The van der Waals surface area contributed by atoms with Gasteiger partial charge < -0.3 is 0 Å². The molecule has 0 saturated carbocycles. The van der Waals surface area contributed by atoms with Gasteiger partial charge in [0.15, 0.2) is 22.3 Å². The third kappa shape index (κ3) is 7.81. The van der Waals surface area contributed by atoms with Crippen molar-refractivity contribution in [1.82, 2.24) is 44.4 Å². The first-order chi connectivity index (χ1) is 37.1. The van der Waals surface area contributed by atoms with Crippen LogP contribution in [0.25, 0.3) is 127 Å². The molecular formula is C65H40ClN9. The Kier molecular flexibility index (Phi) is 10.7. The highest BCUT2D eigenvalue weighted by molar-refractivity contribution is 6.32. The number of aromatic nitrogens is 9. The second-order valence-electron chi connectivity index (χ2n) is 18.5. The van der Waals surface area contributed by atoms with Crippen LogP contribution in [0.15, 0.2) is 231 Å². The van der Waals surface area contributed by atoms with Gasteiger partial charge in [-0.3, -0.25) is 14.5 Å². The summed E-state index contributed by atoms with van der Waals surface area (Å²) in [5, 5.41) is 12.8. The number of nitrogens with zero attached hydrogens (tertiary/aromatic N) is 9. The van der Waals surface area contributed by atoms with E-state index in [0.29, 0.717) is 22.1 Å². The SMILES string of the molecule is Clc1nc2ncccc2nc1-c1cccnc1.c1ccc2cc3c(cc2c1)Cc1c-3ccc2ccccc12.c1cncc(-c2nc3cccnc3nc2-n2c3cc4ccccc4cc3c3ccc4ccccc4c32)c1. The first kappa shape index (κ1) is 43.9. The van der Waals surface area contributed by atoms with E-state index in [4.69, 9.17) is 21.6 Å². The third-order valence-electron chi connectivity index (χ3n) is 14.1. The van der Waals surface area contributed by atoms with Crippen LogP contribution in [-0.2, 0) is 6.42 Å². The van der Waals surface area contributed by atoms with Crippen LogP contribution >= 0.6 is 11.6 Å². The average Bonchev–Trinajstić information content (AvgIpc) is 4.07. The Hall–Kier alpha value is -9.83. The lowest BCUT2D eigenvalue weighted by atomic mass is 9.98. The molecule has 0 saturated heterocycles. The summed E-state index contributed by atoms with van der Waals surface area (Å²) in [7, 11) is 0. The monoisotopic (exact) mass is 981 g/mol. The van der Waals surface area contributed by atoms with Crippen LogP contribution in [-0.4, -0.2) is 44.4 Å². The van der Waals surface area contributed by atoms with Crippen molar-refractivity contribution < 1.29 is 0 Å². The van der Waals surface area contributed by atoms with Crippen molar-refractivity contribution in [3.8, 4) is 39.5 Å². The van der Waals surface area contributed by atoms with Crippen molar-refractivity contribution in [1.29, 1.82) is 0 Å². The summed E-state index contributed by atoms with van der Waals surface area (Å²) in [6, 6.07) is 67.8. The predicted octanol–water partition coefficient (Wildman–Crippen LogP) is 15.8. The number of hydrogen-bond acceptors (Lipinski definition) is 8. The van der Waals surface area contributed by atoms with Crippen LogP contribution in [0.3, 0.4) is 0 Å². The molecule has 10 heteroatoms. The minimum Gasteiger partial charge on any atom is -0.291 e. The van der Waals surface area contributed by atoms with Gasteiger partial charge in [-0.25, -0.2) is 29.9 Å². The summed E-state index contributed by atoms with van der Waals surface area (Å²) in [5.41, 5.74) is 13.7. The van der Waals surface area contributed by atoms with E-state index in [2.05, 4.69) is 180 Å².